The molecule has 0 aliphatic heterocycles. The van der Waals surface area contributed by atoms with Crippen molar-refractivity contribution < 1.29 is 4.79 Å². The molecule has 8 heteroatoms. The van der Waals surface area contributed by atoms with Crippen molar-refractivity contribution in [1.82, 2.24) is 25.5 Å². The molecular weight excluding hydrogens is 342 g/mol. The van der Waals surface area contributed by atoms with Gasteiger partial charge in [-0.05, 0) is 37.3 Å². The molecule has 27 heavy (non-hydrogen) atoms. The van der Waals surface area contributed by atoms with Crippen molar-refractivity contribution in [3.05, 3.63) is 59.5 Å². The van der Waals surface area contributed by atoms with Gasteiger partial charge in [0.2, 0.25) is 5.91 Å². The van der Waals surface area contributed by atoms with Crippen LogP contribution in [0.25, 0.3) is 28.6 Å². The van der Waals surface area contributed by atoms with Crippen LogP contribution in [0.1, 0.15) is 11.4 Å². The number of H-pyrrole nitrogens is 2. The maximum atomic E-state index is 11.6. The molecule has 1 amide bonds. The lowest BCUT2D eigenvalue weighted by molar-refractivity contribution is -0.115. The first-order valence-corrected chi connectivity index (χ1v) is 8.26. The summed E-state index contributed by atoms with van der Waals surface area (Å²) >= 11 is 0. The first-order chi connectivity index (χ1) is 13.1. The second-order valence-electron chi connectivity index (χ2n) is 5.69. The average Bonchev–Trinajstić information content (AvgIpc) is 3.16. The highest BCUT2D eigenvalue weighted by atomic mass is 16.1. The molecule has 3 aromatic heterocycles. The predicted octanol–water partition coefficient (Wildman–Crippen LogP) is 2.04. The molecule has 0 unspecified atom stereocenters. The summed E-state index contributed by atoms with van der Waals surface area (Å²) in [5.74, 6) is -0.225. The maximum absolute atomic E-state index is 11.6. The highest BCUT2D eigenvalue weighted by Gasteiger charge is 2.14. The van der Waals surface area contributed by atoms with Crippen LogP contribution in [0.15, 0.2) is 47.6 Å². The number of nitrogens with zero attached hydrogens (tertiary/aromatic N) is 3. The second-order valence-corrected chi connectivity index (χ2v) is 5.69. The Morgan fingerprint density at radius 1 is 1.26 bits per heavy atom. The fraction of sp³-hybridized carbons (Fsp3) is 0.105. The Morgan fingerprint density at radius 2 is 2.11 bits per heavy atom. The van der Waals surface area contributed by atoms with E-state index in [4.69, 9.17) is 5.41 Å². The number of amides is 1. The molecule has 0 spiro atoms. The van der Waals surface area contributed by atoms with E-state index in [1.807, 2.05) is 31.2 Å². The molecule has 3 heterocycles. The minimum absolute atomic E-state index is 0.225. The molecule has 8 nitrogen and oxygen atoms in total. The molecule has 0 saturated carbocycles. The summed E-state index contributed by atoms with van der Waals surface area (Å²) in [7, 11) is 1.57. The largest absolute Gasteiger partial charge is 0.356 e. The van der Waals surface area contributed by atoms with E-state index in [0.717, 1.165) is 28.9 Å². The Bertz CT molecular complexity index is 1080. The molecular formula is C19H19N7O. The number of likely N-dealkylation sites (N-methyl/N-ethyl adjacent to an activating group) is 1. The fourth-order valence-corrected chi connectivity index (χ4v) is 2.62. The van der Waals surface area contributed by atoms with Crippen molar-refractivity contribution in [2.45, 2.75) is 6.92 Å². The van der Waals surface area contributed by atoms with Crippen molar-refractivity contribution >= 4 is 18.3 Å². The summed E-state index contributed by atoms with van der Waals surface area (Å²) in [5.41, 5.74) is 5.18. The van der Waals surface area contributed by atoms with Gasteiger partial charge in [0.1, 0.15) is 17.5 Å². The molecule has 4 N–H and O–H groups in total. The summed E-state index contributed by atoms with van der Waals surface area (Å²) in [4.78, 5) is 23.2. The molecule has 0 aliphatic carbocycles. The van der Waals surface area contributed by atoms with Crippen LogP contribution >= 0.6 is 0 Å². The van der Waals surface area contributed by atoms with Crippen LogP contribution in [-0.4, -0.2) is 39.5 Å². The summed E-state index contributed by atoms with van der Waals surface area (Å²) in [5, 5.41) is 16.9. The predicted molar refractivity (Wildman–Crippen MR) is 104 cm³/mol. The Hall–Kier alpha value is -3.81. The minimum Gasteiger partial charge on any atom is -0.356 e. The molecule has 0 bridgehead atoms. The van der Waals surface area contributed by atoms with Crippen LogP contribution in [0, 0.1) is 12.3 Å². The summed E-state index contributed by atoms with van der Waals surface area (Å²) in [6.45, 7) is 1.93. The van der Waals surface area contributed by atoms with Crippen LogP contribution in [0.4, 0.5) is 0 Å². The van der Waals surface area contributed by atoms with E-state index in [9.17, 15) is 4.79 Å². The molecule has 0 radical (unpaired) electrons. The number of rotatable bonds is 5. The van der Waals surface area contributed by atoms with E-state index in [0.29, 0.717) is 16.9 Å². The van der Waals surface area contributed by atoms with E-state index in [2.05, 4.69) is 30.5 Å². The standard InChI is InChI=1S/C19H19N7O/c1-12-4-3-5-16(24-12)19-14(10-23-26-19)13-6-8-17(22-11-20)25-15(13)7-9-18(27)21-2/h3-11H,1-2H3,(H,21,27)(H,23,26)(H2,20,22,25)/b9-7+. The summed E-state index contributed by atoms with van der Waals surface area (Å²) in [6, 6.07) is 9.38. The van der Waals surface area contributed by atoms with Gasteiger partial charge in [-0.1, -0.05) is 6.07 Å². The van der Waals surface area contributed by atoms with Gasteiger partial charge in [-0.3, -0.25) is 20.3 Å². The lowest BCUT2D eigenvalue weighted by Gasteiger charge is -2.07. The quantitative estimate of drug-likeness (QED) is 0.316. The normalized spacial score (nSPS) is 11.7. The van der Waals surface area contributed by atoms with Crippen molar-refractivity contribution in [3.8, 4) is 22.5 Å². The Balaban J connectivity index is 2.16. The number of hydrogen-bond acceptors (Lipinski definition) is 4. The third kappa shape index (κ3) is 4.06. The number of aromatic nitrogens is 4. The Morgan fingerprint density at radius 3 is 2.85 bits per heavy atom. The van der Waals surface area contributed by atoms with Gasteiger partial charge in [-0.2, -0.15) is 5.10 Å². The van der Waals surface area contributed by atoms with Crippen LogP contribution in [0.5, 0.6) is 0 Å². The fourth-order valence-electron chi connectivity index (χ4n) is 2.62. The van der Waals surface area contributed by atoms with Crippen molar-refractivity contribution in [2.75, 3.05) is 7.05 Å². The number of aromatic amines is 2. The zero-order valence-electron chi connectivity index (χ0n) is 14.9. The zero-order valence-corrected chi connectivity index (χ0v) is 14.9. The van der Waals surface area contributed by atoms with Crippen LogP contribution < -0.4 is 10.8 Å². The van der Waals surface area contributed by atoms with Gasteiger partial charge in [0.15, 0.2) is 0 Å². The van der Waals surface area contributed by atoms with Crippen molar-refractivity contribution in [2.24, 2.45) is 4.99 Å². The van der Waals surface area contributed by atoms with Gasteiger partial charge in [0.25, 0.3) is 0 Å². The van der Waals surface area contributed by atoms with Gasteiger partial charge < -0.3 is 10.3 Å². The van der Waals surface area contributed by atoms with Crippen molar-refractivity contribution in [1.29, 1.82) is 5.41 Å². The molecule has 136 valence electrons. The van der Waals surface area contributed by atoms with Crippen LogP contribution in [0.2, 0.25) is 0 Å². The third-order valence-electron chi connectivity index (χ3n) is 3.87. The third-order valence-corrected chi connectivity index (χ3v) is 3.87. The van der Waals surface area contributed by atoms with Gasteiger partial charge in [0, 0.05) is 41.8 Å². The highest BCUT2D eigenvalue weighted by molar-refractivity contribution is 5.93. The molecule has 0 atom stereocenters. The van der Waals surface area contributed by atoms with E-state index in [-0.39, 0.29) is 5.91 Å². The number of carbonyl (C=O) groups excluding carboxylic acids is 1. The van der Waals surface area contributed by atoms with Gasteiger partial charge >= 0.3 is 0 Å². The van der Waals surface area contributed by atoms with Crippen LogP contribution in [0.3, 0.4) is 0 Å². The molecule has 0 aliphatic rings. The van der Waals surface area contributed by atoms with Crippen LogP contribution in [-0.2, 0) is 4.79 Å². The van der Waals surface area contributed by atoms with Gasteiger partial charge in [0.05, 0.1) is 5.69 Å². The molecule has 0 saturated heterocycles. The van der Waals surface area contributed by atoms with E-state index >= 15 is 0 Å². The van der Waals surface area contributed by atoms with Gasteiger partial charge in [-0.15, -0.1) is 0 Å². The first-order valence-electron chi connectivity index (χ1n) is 8.26. The smallest absolute Gasteiger partial charge is 0.243 e. The highest BCUT2D eigenvalue weighted by Crippen LogP contribution is 2.30. The monoisotopic (exact) mass is 361 g/mol. The van der Waals surface area contributed by atoms with E-state index in [1.165, 1.54) is 6.08 Å². The number of pyridine rings is 2. The average molecular weight is 361 g/mol. The summed E-state index contributed by atoms with van der Waals surface area (Å²) < 4.78 is 0. The van der Waals surface area contributed by atoms with Gasteiger partial charge in [-0.25, -0.2) is 4.99 Å². The number of carbonyl (C=O) groups is 1. The molecule has 3 aromatic rings. The number of hydrogen-bond donors (Lipinski definition) is 4. The van der Waals surface area contributed by atoms with E-state index in [1.54, 1.807) is 25.4 Å². The first kappa shape index (κ1) is 18.0. The molecule has 0 fully saturated rings. The Kier molecular flexibility index (Phi) is 5.36. The number of nitrogens with one attached hydrogen (secondary N) is 4. The minimum atomic E-state index is -0.225. The lowest BCUT2D eigenvalue weighted by atomic mass is 10.0. The zero-order chi connectivity index (χ0) is 19.2. The Labute approximate surface area is 155 Å². The maximum Gasteiger partial charge on any atom is 0.243 e. The molecule has 3 rings (SSSR count). The SMILES string of the molecule is CNC(=O)/C=C/c1[nH]/c(=N\C=N)ccc1-c1c[nH]nc1-c1cccc(C)n1. The van der Waals surface area contributed by atoms with E-state index < -0.39 is 0 Å². The topological polar surface area (TPSA) is 123 Å². The lowest BCUT2D eigenvalue weighted by Crippen LogP contribution is -2.14. The summed E-state index contributed by atoms with van der Waals surface area (Å²) in [6.07, 6.45) is 5.83. The second kappa shape index (κ2) is 8.05. The van der Waals surface area contributed by atoms with Crippen molar-refractivity contribution in [3.63, 3.8) is 0 Å². The molecule has 0 aromatic carbocycles. The number of aryl methyl sites for hydroxylation is 1.